The van der Waals surface area contributed by atoms with E-state index in [0.717, 1.165) is 85.0 Å². The molecule has 4 aromatic heterocycles. The van der Waals surface area contributed by atoms with Gasteiger partial charge in [0.05, 0.1) is 50.1 Å². The van der Waals surface area contributed by atoms with Crippen LogP contribution >= 0.6 is 0 Å². The van der Waals surface area contributed by atoms with Crippen molar-refractivity contribution in [3.63, 3.8) is 0 Å². The maximum absolute atomic E-state index is 13.7. The van der Waals surface area contributed by atoms with E-state index in [2.05, 4.69) is 60.4 Å². The third kappa shape index (κ3) is 8.40. The number of aromatic nitrogens is 6. The smallest absolute Gasteiger partial charge is 0.407 e. The molecule has 6 heterocycles. The second-order valence-corrected chi connectivity index (χ2v) is 20.1. The number of pyridine rings is 2. The van der Waals surface area contributed by atoms with Crippen molar-refractivity contribution in [2.45, 2.75) is 141 Å². The summed E-state index contributed by atoms with van der Waals surface area (Å²) in [6.07, 6.45) is 18.2. The molecule has 16 nitrogen and oxygen atoms in total. The van der Waals surface area contributed by atoms with Gasteiger partial charge in [0.1, 0.15) is 23.7 Å². The number of H-pyrrole nitrogens is 2. The molecule has 68 heavy (non-hydrogen) atoms. The Labute approximate surface area is 397 Å². The molecule has 2 aliphatic heterocycles. The second-order valence-electron chi connectivity index (χ2n) is 20.1. The zero-order valence-corrected chi connectivity index (χ0v) is 40.5. The Bertz CT molecular complexity index is 2570. The molecule has 0 bridgehead atoms. The molecular weight excluding hydrogens is 861 g/mol. The standard InChI is InChI=1S/C52H64N10O6/c1-9-35(59-49(65)67-7)47(63)61-19-11-13-39(61)45-55-27-37(57-45)29-21-31(25-53-23-29)41-33-15-17-52(5,6)44(33)42(34-16-18-51(3,4)43(34)41)32-22-30(24-54-26-32)38-28-56-46(58-38)40-14-12-20-62(40)48(64)36(10-2)60-50(66)68-8/h21-28,35-36,39-40H,9-20H2,1-8H3,(H,55,57)(H,56,58)(H,59,65)(H,60,66)/t35-,36?,39+,40+/m1/s1. The van der Waals surface area contributed by atoms with Gasteiger partial charge in [0.25, 0.3) is 0 Å². The Balaban J connectivity index is 1.05. The van der Waals surface area contributed by atoms with Crippen LogP contribution in [0.5, 0.6) is 0 Å². The molecule has 0 saturated carbocycles. The molecule has 0 radical (unpaired) electrons. The molecule has 1 aromatic carbocycles. The summed E-state index contributed by atoms with van der Waals surface area (Å²) in [5.74, 6) is 1.14. The molecular formula is C52H64N10O6. The van der Waals surface area contributed by atoms with E-state index in [1.54, 1.807) is 0 Å². The quantitative estimate of drug-likeness (QED) is 0.0939. The van der Waals surface area contributed by atoms with E-state index >= 15 is 0 Å². The Morgan fingerprint density at radius 1 is 0.647 bits per heavy atom. The molecule has 4 atom stereocenters. The van der Waals surface area contributed by atoms with Crippen LogP contribution in [0.4, 0.5) is 9.59 Å². The number of fused-ring (bicyclic) bond motifs is 2. The summed E-state index contributed by atoms with van der Waals surface area (Å²) in [4.78, 5) is 81.5. The van der Waals surface area contributed by atoms with Crippen LogP contribution in [0, 0.1) is 0 Å². The number of amides is 4. The van der Waals surface area contributed by atoms with Crippen molar-refractivity contribution in [1.82, 2.24) is 50.3 Å². The van der Waals surface area contributed by atoms with Crippen LogP contribution in [-0.4, -0.2) is 103 Å². The summed E-state index contributed by atoms with van der Waals surface area (Å²) in [6, 6.07) is 2.63. The first-order valence-electron chi connectivity index (χ1n) is 24.2. The first-order chi connectivity index (χ1) is 32.7. The summed E-state index contributed by atoms with van der Waals surface area (Å²) in [7, 11) is 2.59. The molecule has 2 fully saturated rings. The lowest BCUT2D eigenvalue weighted by Gasteiger charge is -2.30. The van der Waals surface area contributed by atoms with E-state index in [1.807, 2.05) is 60.8 Å². The van der Waals surface area contributed by atoms with Crippen molar-refractivity contribution in [3.8, 4) is 44.8 Å². The summed E-state index contributed by atoms with van der Waals surface area (Å²) < 4.78 is 9.57. The molecule has 358 valence electrons. The van der Waals surface area contributed by atoms with Gasteiger partial charge in [-0.3, -0.25) is 19.6 Å². The van der Waals surface area contributed by atoms with Gasteiger partial charge >= 0.3 is 12.2 Å². The Hall–Kier alpha value is -6.58. The van der Waals surface area contributed by atoms with Crippen LogP contribution in [-0.2, 0) is 42.7 Å². The minimum atomic E-state index is -0.681. The van der Waals surface area contributed by atoms with Gasteiger partial charge in [-0.25, -0.2) is 19.6 Å². The largest absolute Gasteiger partial charge is 0.453 e. The number of benzene rings is 1. The third-order valence-electron chi connectivity index (χ3n) is 15.0. The fraction of sp³-hybridized carbons (Fsp3) is 0.500. The normalized spacial score (nSPS) is 19.9. The average molecular weight is 925 g/mol. The lowest BCUT2D eigenvalue weighted by molar-refractivity contribution is -0.135. The predicted octanol–water partition coefficient (Wildman–Crippen LogP) is 8.63. The highest BCUT2D eigenvalue weighted by Gasteiger charge is 2.44. The molecule has 5 aromatic rings. The number of alkyl carbamates (subject to hydrolysis) is 2. The van der Waals surface area contributed by atoms with Crippen LogP contribution in [0.25, 0.3) is 44.8 Å². The van der Waals surface area contributed by atoms with Crippen molar-refractivity contribution < 1.29 is 28.7 Å². The van der Waals surface area contributed by atoms with E-state index in [0.29, 0.717) is 37.6 Å². The summed E-state index contributed by atoms with van der Waals surface area (Å²) >= 11 is 0. The van der Waals surface area contributed by atoms with Crippen LogP contribution in [0.15, 0.2) is 49.3 Å². The number of ether oxygens (including phenoxy) is 2. The number of rotatable bonds is 12. The predicted molar refractivity (Wildman–Crippen MR) is 257 cm³/mol. The number of hydrogen-bond acceptors (Lipinski definition) is 10. The minimum absolute atomic E-state index is 0.104. The first-order valence-corrected chi connectivity index (χ1v) is 24.2. The molecule has 9 rings (SSSR count). The number of carbonyl (C=O) groups excluding carboxylic acids is 4. The van der Waals surface area contributed by atoms with Gasteiger partial charge in [-0.15, -0.1) is 0 Å². The van der Waals surface area contributed by atoms with E-state index in [9.17, 15) is 19.2 Å². The highest BCUT2D eigenvalue weighted by Crippen LogP contribution is 2.56. The van der Waals surface area contributed by atoms with E-state index in [4.69, 9.17) is 29.4 Å². The van der Waals surface area contributed by atoms with Crippen LogP contribution < -0.4 is 10.6 Å². The van der Waals surface area contributed by atoms with Crippen molar-refractivity contribution in [2.75, 3.05) is 27.3 Å². The molecule has 1 unspecified atom stereocenters. The van der Waals surface area contributed by atoms with Crippen LogP contribution in [0.3, 0.4) is 0 Å². The lowest BCUT2D eigenvalue weighted by Crippen LogP contribution is -2.48. The first kappa shape index (κ1) is 46.5. The summed E-state index contributed by atoms with van der Waals surface area (Å²) in [6.45, 7) is 14.4. The highest BCUT2D eigenvalue weighted by molar-refractivity contribution is 5.89. The Morgan fingerprint density at radius 2 is 1.04 bits per heavy atom. The summed E-state index contributed by atoms with van der Waals surface area (Å²) in [5.41, 5.74) is 13.5. The SMILES string of the molecule is CCC(NC(=O)OC)C(=O)N1CCC[C@H]1c1ncc(-c2cncc(-c3c4c(c(-c5cncc(-c6cnc([C@@H]7CCCN7C(=O)[C@@H](CC)NC(=O)OC)[nH]6)c5)c5c3C(C)(C)CC5)C(C)(C)CC4)c2)[nH]1. The molecule has 0 spiro atoms. The lowest BCUT2D eigenvalue weighted by atomic mass is 9.73. The Kier molecular flexibility index (Phi) is 12.6. The van der Waals surface area contributed by atoms with E-state index in [1.165, 1.54) is 47.6 Å². The molecule has 4 amide bonds. The zero-order chi connectivity index (χ0) is 48.1. The monoisotopic (exact) mass is 925 g/mol. The molecule has 2 aliphatic carbocycles. The van der Waals surface area contributed by atoms with Gasteiger partial charge in [0.15, 0.2) is 0 Å². The molecule has 16 heteroatoms. The number of carbonyl (C=O) groups is 4. The van der Waals surface area contributed by atoms with Crippen molar-refractivity contribution in [1.29, 1.82) is 0 Å². The second kappa shape index (κ2) is 18.5. The fourth-order valence-electron chi connectivity index (χ4n) is 11.5. The minimum Gasteiger partial charge on any atom is -0.453 e. The number of nitrogens with one attached hydrogen (secondary N) is 4. The highest BCUT2D eigenvalue weighted by atomic mass is 16.5. The zero-order valence-electron chi connectivity index (χ0n) is 40.5. The fourth-order valence-corrected chi connectivity index (χ4v) is 11.5. The number of aromatic amines is 2. The van der Waals surface area contributed by atoms with Gasteiger partial charge in [0.2, 0.25) is 11.8 Å². The van der Waals surface area contributed by atoms with Crippen molar-refractivity contribution in [3.05, 3.63) is 83.2 Å². The van der Waals surface area contributed by atoms with Crippen LogP contribution in [0.1, 0.15) is 139 Å². The van der Waals surface area contributed by atoms with Crippen molar-refractivity contribution in [2.24, 2.45) is 0 Å². The molecule has 4 N–H and O–H groups in total. The number of likely N-dealkylation sites (tertiary alicyclic amines) is 2. The van der Waals surface area contributed by atoms with Gasteiger partial charge in [-0.05, 0) is 121 Å². The number of hydrogen-bond donors (Lipinski definition) is 4. The Morgan fingerprint density at radius 3 is 1.43 bits per heavy atom. The topological polar surface area (TPSA) is 200 Å². The van der Waals surface area contributed by atoms with E-state index in [-0.39, 0.29) is 34.7 Å². The number of methoxy groups -OCH3 is 2. The molecule has 2 saturated heterocycles. The van der Waals surface area contributed by atoms with Gasteiger partial charge in [-0.2, -0.15) is 0 Å². The van der Waals surface area contributed by atoms with Crippen molar-refractivity contribution >= 4 is 24.0 Å². The summed E-state index contributed by atoms with van der Waals surface area (Å²) in [5, 5.41) is 5.38. The number of imidazole rings is 2. The van der Waals surface area contributed by atoms with Crippen LogP contribution in [0.2, 0.25) is 0 Å². The molecule has 4 aliphatic rings. The average Bonchev–Trinajstić information content (AvgIpc) is 4.22. The maximum Gasteiger partial charge on any atom is 0.407 e. The number of nitrogens with zero attached hydrogens (tertiary/aromatic N) is 6. The third-order valence-corrected chi connectivity index (χ3v) is 15.0. The maximum atomic E-state index is 13.7. The van der Waals surface area contributed by atoms with Gasteiger partial charge < -0.3 is 39.9 Å². The van der Waals surface area contributed by atoms with Gasteiger partial charge in [-0.1, -0.05) is 41.5 Å². The van der Waals surface area contributed by atoms with E-state index < -0.39 is 24.3 Å². The van der Waals surface area contributed by atoms with Gasteiger partial charge in [0, 0.05) is 60.1 Å².